The smallest absolute Gasteiger partial charge is 0.330 e. The summed E-state index contributed by atoms with van der Waals surface area (Å²) in [4.78, 5) is 11.6. The minimum Gasteiger partial charge on any atom is -0.430 e. The molecule has 0 heterocycles. The molecule has 1 aromatic rings. The van der Waals surface area contributed by atoms with Crippen molar-refractivity contribution >= 4 is 21.9 Å². The maximum atomic E-state index is 13.1. The van der Waals surface area contributed by atoms with Crippen molar-refractivity contribution in [3.05, 3.63) is 34.3 Å². The fourth-order valence-corrected chi connectivity index (χ4v) is 1.87. The van der Waals surface area contributed by atoms with Gasteiger partial charge in [-0.1, -0.05) is 41.1 Å². The fraction of sp³-hybridized carbons (Fsp3) is 0.417. The van der Waals surface area contributed by atoms with Crippen molar-refractivity contribution in [1.29, 1.82) is 0 Å². The van der Waals surface area contributed by atoms with Gasteiger partial charge in [-0.2, -0.15) is 0 Å². The maximum Gasteiger partial charge on any atom is 0.330 e. The maximum absolute atomic E-state index is 13.1. The van der Waals surface area contributed by atoms with Gasteiger partial charge in [0.1, 0.15) is 6.04 Å². The number of alkyl halides is 1. The molecule has 2 unspecified atom stereocenters. The van der Waals surface area contributed by atoms with E-state index in [4.69, 9.17) is 5.73 Å². The minimum atomic E-state index is -1.58. The van der Waals surface area contributed by atoms with E-state index in [1.165, 1.54) is 0 Å². The highest BCUT2D eigenvalue weighted by atomic mass is 79.9. The van der Waals surface area contributed by atoms with Crippen LogP contribution in [-0.2, 0) is 9.53 Å². The Labute approximate surface area is 108 Å². The Morgan fingerprint density at radius 2 is 2.18 bits per heavy atom. The highest BCUT2D eigenvalue weighted by Gasteiger charge is 2.22. The first-order chi connectivity index (χ1) is 8.06. The Morgan fingerprint density at radius 3 is 2.76 bits per heavy atom. The molecule has 3 nitrogen and oxygen atoms in total. The number of rotatable bonds is 5. The van der Waals surface area contributed by atoms with Crippen molar-refractivity contribution in [3.63, 3.8) is 0 Å². The number of carbonyl (C=O) groups excluding carboxylic acids is 1. The fourth-order valence-electron chi connectivity index (χ4n) is 1.34. The van der Waals surface area contributed by atoms with Crippen molar-refractivity contribution in [1.82, 2.24) is 0 Å². The average molecular weight is 304 g/mol. The van der Waals surface area contributed by atoms with Gasteiger partial charge in [0.05, 0.1) is 0 Å². The van der Waals surface area contributed by atoms with Crippen LogP contribution in [-0.4, -0.2) is 12.3 Å². The van der Waals surface area contributed by atoms with E-state index in [1.54, 1.807) is 24.3 Å². The number of nitrogens with two attached hydrogens (primary N) is 1. The molecule has 94 valence electrons. The van der Waals surface area contributed by atoms with Crippen LogP contribution in [0, 0.1) is 0 Å². The normalized spacial score (nSPS) is 14.1. The molecular formula is C12H15BrFNO2. The molecule has 0 spiro atoms. The average Bonchev–Trinajstić information content (AvgIpc) is 2.29. The van der Waals surface area contributed by atoms with Crippen molar-refractivity contribution < 1.29 is 13.9 Å². The quantitative estimate of drug-likeness (QED) is 0.851. The Bertz CT molecular complexity index is 387. The van der Waals surface area contributed by atoms with Gasteiger partial charge in [0.25, 0.3) is 0 Å². The number of ether oxygens (including phenoxy) is 1. The predicted molar refractivity (Wildman–Crippen MR) is 67.0 cm³/mol. The van der Waals surface area contributed by atoms with Crippen molar-refractivity contribution in [2.24, 2.45) is 5.73 Å². The Morgan fingerprint density at radius 1 is 1.53 bits per heavy atom. The first-order valence-electron chi connectivity index (χ1n) is 5.40. The van der Waals surface area contributed by atoms with Gasteiger partial charge in [-0.25, -0.2) is 9.18 Å². The zero-order valence-corrected chi connectivity index (χ0v) is 11.1. The molecule has 0 aromatic heterocycles. The summed E-state index contributed by atoms with van der Waals surface area (Å²) in [7, 11) is 0. The molecule has 0 aliphatic rings. The number of halogens is 2. The molecule has 2 atom stereocenters. The number of benzene rings is 1. The Hall–Kier alpha value is -0.940. The second-order valence-corrected chi connectivity index (χ2v) is 4.49. The number of hydrogen-bond donors (Lipinski definition) is 1. The monoisotopic (exact) mass is 303 g/mol. The highest BCUT2D eigenvalue weighted by Crippen LogP contribution is 2.23. The van der Waals surface area contributed by atoms with E-state index in [1.807, 2.05) is 6.92 Å². The van der Waals surface area contributed by atoms with Crippen LogP contribution in [0.5, 0.6) is 0 Å². The third kappa shape index (κ3) is 4.09. The molecule has 1 aromatic carbocycles. The van der Waals surface area contributed by atoms with Crippen LogP contribution in [0.15, 0.2) is 28.7 Å². The molecule has 0 amide bonds. The minimum absolute atomic E-state index is 0.189. The zero-order chi connectivity index (χ0) is 12.8. The molecule has 0 radical (unpaired) electrons. The van der Waals surface area contributed by atoms with Crippen LogP contribution >= 0.6 is 15.9 Å². The van der Waals surface area contributed by atoms with E-state index < -0.39 is 18.4 Å². The third-order valence-corrected chi connectivity index (χ3v) is 2.98. The van der Waals surface area contributed by atoms with Gasteiger partial charge >= 0.3 is 5.97 Å². The predicted octanol–water partition coefficient (Wildman–Crippen LogP) is 3.09. The summed E-state index contributed by atoms with van der Waals surface area (Å²) in [5, 5.41) is 0. The molecule has 0 aliphatic carbocycles. The molecule has 0 saturated heterocycles. The molecule has 0 saturated carbocycles. The zero-order valence-electron chi connectivity index (χ0n) is 9.53. The Balaban J connectivity index is 2.67. The molecule has 17 heavy (non-hydrogen) atoms. The van der Waals surface area contributed by atoms with Gasteiger partial charge in [0, 0.05) is 10.9 Å². The lowest BCUT2D eigenvalue weighted by atomic mass is 10.1. The van der Waals surface area contributed by atoms with Crippen molar-refractivity contribution in [2.45, 2.75) is 32.2 Å². The first-order valence-corrected chi connectivity index (χ1v) is 6.20. The number of carbonyl (C=O) groups is 1. The Kier molecular flexibility index (Phi) is 5.58. The second kappa shape index (κ2) is 6.71. The van der Waals surface area contributed by atoms with E-state index in [2.05, 4.69) is 20.7 Å². The van der Waals surface area contributed by atoms with Gasteiger partial charge < -0.3 is 10.5 Å². The summed E-state index contributed by atoms with van der Waals surface area (Å²) in [6.45, 7) is 1.81. The topological polar surface area (TPSA) is 52.3 Å². The molecule has 5 heteroatoms. The van der Waals surface area contributed by atoms with Crippen LogP contribution < -0.4 is 5.73 Å². The van der Waals surface area contributed by atoms with E-state index in [0.717, 1.165) is 0 Å². The van der Waals surface area contributed by atoms with Gasteiger partial charge in [-0.3, -0.25) is 0 Å². The van der Waals surface area contributed by atoms with E-state index in [0.29, 0.717) is 16.5 Å². The summed E-state index contributed by atoms with van der Waals surface area (Å²) in [5.74, 6) is -0.752. The summed E-state index contributed by atoms with van der Waals surface area (Å²) in [6.07, 6.45) is -0.784. The second-order valence-electron chi connectivity index (χ2n) is 3.63. The number of esters is 1. The van der Waals surface area contributed by atoms with Crippen molar-refractivity contribution in [3.8, 4) is 0 Å². The number of hydrogen-bond acceptors (Lipinski definition) is 3. The van der Waals surface area contributed by atoms with Crippen LogP contribution in [0.2, 0.25) is 0 Å². The molecule has 2 N–H and O–H groups in total. The van der Waals surface area contributed by atoms with Gasteiger partial charge in [-0.05, 0) is 18.1 Å². The van der Waals surface area contributed by atoms with E-state index in [-0.39, 0.29) is 6.42 Å². The van der Waals surface area contributed by atoms with E-state index >= 15 is 0 Å². The first kappa shape index (κ1) is 14.1. The van der Waals surface area contributed by atoms with Crippen LogP contribution in [0.3, 0.4) is 0 Å². The van der Waals surface area contributed by atoms with Gasteiger partial charge in [0.15, 0.2) is 0 Å². The summed E-state index contributed by atoms with van der Waals surface area (Å²) in [5.41, 5.74) is 6.30. The lowest BCUT2D eigenvalue weighted by Gasteiger charge is -2.15. The molecule has 0 bridgehead atoms. The lowest BCUT2D eigenvalue weighted by Crippen LogP contribution is -2.26. The third-order valence-electron chi connectivity index (χ3n) is 2.25. The van der Waals surface area contributed by atoms with Crippen molar-refractivity contribution in [2.75, 3.05) is 0 Å². The molecule has 0 aliphatic heterocycles. The molecule has 0 fully saturated rings. The lowest BCUT2D eigenvalue weighted by molar-refractivity contribution is -0.160. The van der Waals surface area contributed by atoms with Gasteiger partial charge in [0.2, 0.25) is 6.36 Å². The van der Waals surface area contributed by atoms with Crippen LogP contribution in [0.25, 0.3) is 0 Å². The summed E-state index contributed by atoms with van der Waals surface area (Å²) >= 11 is 3.28. The van der Waals surface area contributed by atoms with Crippen LogP contribution in [0.4, 0.5) is 4.39 Å². The summed E-state index contributed by atoms with van der Waals surface area (Å²) in [6, 6.07) is 6.05. The highest BCUT2D eigenvalue weighted by molar-refractivity contribution is 9.10. The molecular weight excluding hydrogens is 289 g/mol. The largest absolute Gasteiger partial charge is 0.430 e. The van der Waals surface area contributed by atoms with E-state index in [9.17, 15) is 9.18 Å². The summed E-state index contributed by atoms with van der Waals surface area (Å²) < 4.78 is 18.4. The molecule has 1 rings (SSSR count). The van der Waals surface area contributed by atoms with Crippen LogP contribution in [0.1, 0.15) is 31.4 Å². The SMILES string of the molecule is CCCC(F)OC(=O)C(N)c1ccccc1Br. The standard InChI is InChI=1S/C12H15BrFNO2/c1-2-5-10(14)17-12(16)11(15)8-6-3-4-7-9(8)13/h3-4,6-7,10-11H,2,5,15H2,1H3. The van der Waals surface area contributed by atoms with Gasteiger partial charge in [-0.15, -0.1) is 0 Å².